The molecule has 0 aromatic heterocycles. The summed E-state index contributed by atoms with van der Waals surface area (Å²) in [6.45, 7) is 1.50. The zero-order chi connectivity index (χ0) is 17.9. The number of cyclic esters (lactones) is 1. The van der Waals surface area contributed by atoms with Crippen LogP contribution in [0.25, 0.3) is 0 Å². The van der Waals surface area contributed by atoms with E-state index in [0.29, 0.717) is 37.0 Å². The van der Waals surface area contributed by atoms with E-state index in [1.165, 1.54) is 6.07 Å². The average molecular weight is 356 g/mol. The molecule has 1 fully saturated rings. The van der Waals surface area contributed by atoms with E-state index in [1.54, 1.807) is 6.07 Å². The summed E-state index contributed by atoms with van der Waals surface area (Å²) in [6.07, 6.45) is -2.80. The number of carbonyl (C=O) groups excluding carboxylic acids is 1. The summed E-state index contributed by atoms with van der Waals surface area (Å²) in [7, 11) is 0. The summed E-state index contributed by atoms with van der Waals surface area (Å²) in [5.74, 6) is -0.175. The molecule has 25 heavy (non-hydrogen) atoms. The second-order valence-electron chi connectivity index (χ2n) is 6.12. The van der Waals surface area contributed by atoms with E-state index in [0.717, 1.165) is 18.9 Å². The molecular weight excluding hydrogens is 337 g/mol. The maximum atomic E-state index is 13.4. The van der Waals surface area contributed by atoms with Gasteiger partial charge in [0.05, 0.1) is 11.3 Å². The number of aliphatic imine (C=N–C) groups is 1. The molecule has 5 nitrogen and oxygen atoms in total. The van der Waals surface area contributed by atoms with Gasteiger partial charge in [0, 0.05) is 25.4 Å². The van der Waals surface area contributed by atoms with Crippen LogP contribution in [0.3, 0.4) is 0 Å². The van der Waals surface area contributed by atoms with Gasteiger partial charge in [-0.25, -0.2) is 0 Å². The van der Waals surface area contributed by atoms with Crippen molar-refractivity contribution in [1.82, 2.24) is 0 Å². The quantitative estimate of drug-likeness (QED) is 0.843. The number of anilines is 1. The predicted octanol–water partition coefficient (Wildman–Crippen LogP) is 2.89. The lowest BCUT2D eigenvalue weighted by atomic mass is 9.99. The predicted molar refractivity (Wildman–Crippen MR) is 85.8 cm³/mol. The second-order valence-corrected chi connectivity index (χ2v) is 6.12. The molecule has 3 rings (SSSR count). The summed E-state index contributed by atoms with van der Waals surface area (Å²) in [4.78, 5) is 15.0. The Bertz CT molecular complexity index is 668. The minimum atomic E-state index is -4.49. The van der Waals surface area contributed by atoms with E-state index in [2.05, 4.69) is 10.3 Å². The van der Waals surface area contributed by atoms with Crippen LogP contribution in [-0.4, -0.2) is 44.6 Å². The molecule has 2 aliphatic rings. The summed E-state index contributed by atoms with van der Waals surface area (Å²) in [5, 5.41) is 2.93. The van der Waals surface area contributed by atoms with Gasteiger partial charge in [-0.05, 0) is 36.5 Å². The lowest BCUT2D eigenvalue weighted by Gasteiger charge is -2.24. The first-order valence-corrected chi connectivity index (χ1v) is 8.15. The lowest BCUT2D eigenvalue weighted by molar-refractivity contribution is -0.141. The van der Waals surface area contributed by atoms with Crippen molar-refractivity contribution in [3.8, 4) is 0 Å². The van der Waals surface area contributed by atoms with Crippen LogP contribution in [0, 0.1) is 5.92 Å². The molecule has 0 bridgehead atoms. The van der Waals surface area contributed by atoms with Crippen LogP contribution in [0.4, 0.5) is 18.9 Å². The first-order valence-electron chi connectivity index (χ1n) is 8.15. The third-order valence-electron chi connectivity index (χ3n) is 4.35. The number of nitrogens with zero attached hydrogens (tertiary/aromatic N) is 1. The van der Waals surface area contributed by atoms with Gasteiger partial charge in [-0.3, -0.25) is 9.79 Å². The molecule has 1 aromatic rings. The Morgan fingerprint density at radius 2 is 2.00 bits per heavy atom. The molecule has 136 valence electrons. The molecule has 2 aliphatic heterocycles. The van der Waals surface area contributed by atoms with Gasteiger partial charge >= 0.3 is 12.1 Å². The minimum Gasteiger partial charge on any atom is -0.458 e. The molecule has 2 heterocycles. The third kappa shape index (κ3) is 4.50. The number of alkyl halides is 3. The van der Waals surface area contributed by atoms with Gasteiger partial charge in [-0.2, -0.15) is 13.2 Å². The highest BCUT2D eigenvalue weighted by Crippen LogP contribution is 2.36. The molecule has 1 N–H and O–H groups in total. The second kappa shape index (κ2) is 7.43. The van der Waals surface area contributed by atoms with Crippen molar-refractivity contribution < 1.29 is 27.4 Å². The normalized spacial score (nSPS) is 19.3. The monoisotopic (exact) mass is 356 g/mol. The molecule has 0 saturated carbocycles. The zero-order valence-electron chi connectivity index (χ0n) is 13.6. The smallest absolute Gasteiger partial charge is 0.418 e. The fourth-order valence-electron chi connectivity index (χ4n) is 2.89. The number of esters is 1. The first kappa shape index (κ1) is 17.7. The van der Waals surface area contributed by atoms with E-state index >= 15 is 0 Å². The number of benzene rings is 1. The Hall–Kier alpha value is -2.09. The topological polar surface area (TPSA) is 59.9 Å². The van der Waals surface area contributed by atoms with Crippen molar-refractivity contribution in [3.05, 3.63) is 29.3 Å². The Balaban J connectivity index is 1.79. The largest absolute Gasteiger partial charge is 0.458 e. The fraction of sp³-hybridized carbons (Fsp3) is 0.529. The number of ether oxygens (including phenoxy) is 2. The SMILES string of the molecule is O=C1CN=C(c2ccc(NCC3CCOCC3)c(C(F)(F)F)c2)CO1. The van der Waals surface area contributed by atoms with Crippen LogP contribution in [-0.2, 0) is 20.4 Å². The van der Waals surface area contributed by atoms with E-state index in [-0.39, 0.29) is 18.8 Å². The molecule has 0 radical (unpaired) electrons. The van der Waals surface area contributed by atoms with Crippen LogP contribution >= 0.6 is 0 Å². The van der Waals surface area contributed by atoms with E-state index < -0.39 is 17.7 Å². The Morgan fingerprint density at radius 1 is 1.24 bits per heavy atom. The molecule has 1 aromatic carbocycles. The third-order valence-corrected chi connectivity index (χ3v) is 4.35. The average Bonchev–Trinajstić information content (AvgIpc) is 2.61. The van der Waals surface area contributed by atoms with Gasteiger partial charge in [0.25, 0.3) is 0 Å². The van der Waals surface area contributed by atoms with Crippen molar-refractivity contribution in [2.24, 2.45) is 10.9 Å². The van der Waals surface area contributed by atoms with Gasteiger partial charge in [0.15, 0.2) is 0 Å². The maximum Gasteiger partial charge on any atom is 0.418 e. The van der Waals surface area contributed by atoms with Crippen molar-refractivity contribution in [2.75, 3.05) is 38.2 Å². The molecule has 0 spiro atoms. The van der Waals surface area contributed by atoms with Gasteiger partial charge in [0.2, 0.25) is 0 Å². The molecule has 0 unspecified atom stereocenters. The lowest BCUT2D eigenvalue weighted by Crippen LogP contribution is -2.25. The van der Waals surface area contributed by atoms with Crippen LogP contribution in [0.2, 0.25) is 0 Å². The summed E-state index contributed by atoms with van der Waals surface area (Å²) >= 11 is 0. The number of nitrogens with one attached hydrogen (secondary N) is 1. The molecular formula is C17H19F3N2O3. The van der Waals surface area contributed by atoms with Crippen LogP contribution < -0.4 is 5.32 Å². The van der Waals surface area contributed by atoms with E-state index in [9.17, 15) is 18.0 Å². The summed E-state index contributed by atoms with van der Waals surface area (Å²) in [6, 6.07) is 4.04. The van der Waals surface area contributed by atoms with Crippen LogP contribution in [0.5, 0.6) is 0 Å². The van der Waals surface area contributed by atoms with Crippen LogP contribution in [0.15, 0.2) is 23.2 Å². The zero-order valence-corrected chi connectivity index (χ0v) is 13.6. The molecule has 1 saturated heterocycles. The number of hydrogen-bond acceptors (Lipinski definition) is 5. The Morgan fingerprint density at radius 3 is 2.64 bits per heavy atom. The Kier molecular flexibility index (Phi) is 5.27. The Labute approximate surface area is 143 Å². The highest BCUT2D eigenvalue weighted by Gasteiger charge is 2.34. The van der Waals surface area contributed by atoms with Gasteiger partial charge in [-0.15, -0.1) is 0 Å². The van der Waals surface area contributed by atoms with Crippen molar-refractivity contribution in [1.29, 1.82) is 0 Å². The molecule has 0 atom stereocenters. The van der Waals surface area contributed by atoms with Gasteiger partial charge in [-0.1, -0.05) is 6.07 Å². The van der Waals surface area contributed by atoms with E-state index in [1.807, 2.05) is 0 Å². The molecule has 0 aliphatic carbocycles. The van der Waals surface area contributed by atoms with Crippen molar-refractivity contribution in [3.63, 3.8) is 0 Å². The first-order chi connectivity index (χ1) is 11.9. The number of rotatable bonds is 4. The highest BCUT2D eigenvalue weighted by molar-refractivity contribution is 6.04. The number of carbonyl (C=O) groups is 1. The fourth-order valence-corrected chi connectivity index (χ4v) is 2.89. The standard InChI is InChI=1S/C17H19F3N2O3/c18-17(19,20)13-7-12(15-10-25-16(23)9-22-15)1-2-14(13)21-8-11-3-5-24-6-4-11/h1-2,7,11,21H,3-6,8-10H2. The van der Waals surface area contributed by atoms with Crippen LogP contribution in [0.1, 0.15) is 24.0 Å². The maximum absolute atomic E-state index is 13.4. The van der Waals surface area contributed by atoms with Gasteiger partial charge < -0.3 is 14.8 Å². The van der Waals surface area contributed by atoms with Crippen molar-refractivity contribution >= 4 is 17.4 Å². The molecule has 8 heteroatoms. The summed E-state index contributed by atoms with van der Waals surface area (Å²) in [5.41, 5.74) is -0.0228. The van der Waals surface area contributed by atoms with Gasteiger partial charge in [0.1, 0.15) is 13.2 Å². The minimum absolute atomic E-state index is 0.0520. The van der Waals surface area contributed by atoms with Crippen molar-refractivity contribution in [2.45, 2.75) is 19.0 Å². The summed E-state index contributed by atoms with van der Waals surface area (Å²) < 4.78 is 50.4. The molecule has 0 amide bonds. The highest BCUT2D eigenvalue weighted by atomic mass is 19.4. The number of halogens is 3. The van der Waals surface area contributed by atoms with E-state index in [4.69, 9.17) is 9.47 Å². The number of hydrogen-bond donors (Lipinski definition) is 1.